The molecule has 0 fully saturated rings. The molecule has 6 nitrogen and oxygen atoms in total. The van der Waals surface area contributed by atoms with Gasteiger partial charge in [-0.25, -0.2) is 0 Å². The van der Waals surface area contributed by atoms with E-state index in [9.17, 15) is 9.90 Å². The van der Waals surface area contributed by atoms with Gasteiger partial charge in [0.15, 0.2) is 11.3 Å². The molecule has 0 spiro atoms. The van der Waals surface area contributed by atoms with Crippen LogP contribution in [-0.2, 0) is 0 Å². The number of carbonyl (C=O) groups excluding carboxylic acids is 1. The topological polar surface area (TPSA) is 97.7 Å². The van der Waals surface area contributed by atoms with E-state index >= 15 is 0 Å². The number of primary amides is 1. The molecule has 4 N–H and O–H groups in total. The summed E-state index contributed by atoms with van der Waals surface area (Å²) in [5, 5.41) is 13.2. The fraction of sp³-hybridized carbons (Fsp3) is 0.105. The fourth-order valence-corrected chi connectivity index (χ4v) is 2.55. The van der Waals surface area contributed by atoms with Gasteiger partial charge in [-0.2, -0.15) is 0 Å². The lowest BCUT2D eigenvalue weighted by Crippen LogP contribution is -2.12. The van der Waals surface area contributed by atoms with E-state index in [2.05, 4.69) is 11.9 Å². The van der Waals surface area contributed by atoms with Gasteiger partial charge >= 0.3 is 0 Å². The molecule has 3 rings (SSSR count). The van der Waals surface area contributed by atoms with Crippen molar-refractivity contribution in [2.75, 3.05) is 11.9 Å². The zero-order valence-electron chi connectivity index (χ0n) is 13.7. The number of amides is 1. The largest absolute Gasteiger partial charge is 0.508 e. The molecule has 0 aliphatic heterocycles. The number of anilines is 1. The SMILES string of the molecule is C=C(Nc1c(C(N)=O)oc2c(OCC)cccc12)c1ccc(O)cc1. The lowest BCUT2D eigenvalue weighted by atomic mass is 10.1. The van der Waals surface area contributed by atoms with Crippen LogP contribution in [0.25, 0.3) is 16.7 Å². The van der Waals surface area contributed by atoms with Crippen LogP contribution in [0.15, 0.2) is 53.5 Å². The molecule has 2 aromatic carbocycles. The number of rotatable bonds is 6. The van der Waals surface area contributed by atoms with Crippen LogP contribution < -0.4 is 15.8 Å². The number of para-hydroxylation sites is 1. The summed E-state index contributed by atoms with van der Waals surface area (Å²) in [5.41, 5.74) is 7.62. The molecular formula is C19H18N2O4. The first-order valence-electron chi connectivity index (χ1n) is 7.74. The summed E-state index contributed by atoms with van der Waals surface area (Å²) in [6.45, 7) is 6.31. The lowest BCUT2D eigenvalue weighted by Gasteiger charge is -2.10. The normalized spacial score (nSPS) is 10.6. The van der Waals surface area contributed by atoms with Crippen LogP contribution in [0.2, 0.25) is 0 Å². The van der Waals surface area contributed by atoms with E-state index in [0.717, 1.165) is 5.56 Å². The summed E-state index contributed by atoms with van der Waals surface area (Å²) < 4.78 is 11.2. The molecule has 0 aliphatic carbocycles. The van der Waals surface area contributed by atoms with E-state index in [1.54, 1.807) is 36.4 Å². The smallest absolute Gasteiger partial charge is 0.286 e. The summed E-state index contributed by atoms with van der Waals surface area (Å²) in [6, 6.07) is 11.9. The lowest BCUT2D eigenvalue weighted by molar-refractivity contribution is 0.0977. The molecule has 1 heterocycles. The molecule has 1 amide bonds. The van der Waals surface area contributed by atoms with Crippen molar-refractivity contribution in [3.63, 3.8) is 0 Å². The first-order chi connectivity index (χ1) is 12.0. The maximum atomic E-state index is 11.8. The molecule has 0 saturated carbocycles. The van der Waals surface area contributed by atoms with E-state index in [-0.39, 0.29) is 11.5 Å². The highest BCUT2D eigenvalue weighted by atomic mass is 16.5. The minimum absolute atomic E-state index is 0.00193. The summed E-state index contributed by atoms with van der Waals surface area (Å²) in [6.07, 6.45) is 0. The Morgan fingerprint density at radius 1 is 1.28 bits per heavy atom. The summed E-state index contributed by atoms with van der Waals surface area (Å²) in [4.78, 5) is 11.8. The van der Waals surface area contributed by atoms with E-state index in [4.69, 9.17) is 14.9 Å². The number of hydrogen-bond acceptors (Lipinski definition) is 5. The predicted octanol–water partition coefficient (Wildman–Crippen LogP) is 3.72. The van der Waals surface area contributed by atoms with Crippen LogP contribution in [0.4, 0.5) is 5.69 Å². The molecule has 0 unspecified atom stereocenters. The van der Waals surface area contributed by atoms with Gasteiger partial charge in [-0.3, -0.25) is 4.79 Å². The number of phenols is 1. The van der Waals surface area contributed by atoms with Crippen LogP contribution in [0.5, 0.6) is 11.5 Å². The summed E-state index contributed by atoms with van der Waals surface area (Å²) in [7, 11) is 0. The number of hydrogen-bond donors (Lipinski definition) is 3. The van der Waals surface area contributed by atoms with E-state index in [1.807, 2.05) is 13.0 Å². The van der Waals surface area contributed by atoms with Gasteiger partial charge in [0, 0.05) is 11.1 Å². The van der Waals surface area contributed by atoms with Crippen molar-refractivity contribution in [2.24, 2.45) is 5.73 Å². The van der Waals surface area contributed by atoms with Crippen LogP contribution in [0.3, 0.4) is 0 Å². The van der Waals surface area contributed by atoms with Crippen molar-refractivity contribution in [2.45, 2.75) is 6.92 Å². The molecule has 0 atom stereocenters. The minimum atomic E-state index is -0.695. The number of fused-ring (bicyclic) bond motifs is 1. The number of ether oxygens (including phenoxy) is 1. The average molecular weight is 338 g/mol. The Morgan fingerprint density at radius 2 is 2.00 bits per heavy atom. The third-order valence-electron chi connectivity index (χ3n) is 3.69. The molecule has 0 radical (unpaired) electrons. The first-order valence-corrected chi connectivity index (χ1v) is 7.74. The molecule has 0 saturated heterocycles. The van der Waals surface area contributed by atoms with Gasteiger partial charge in [0.25, 0.3) is 5.91 Å². The van der Waals surface area contributed by atoms with Gasteiger partial charge < -0.3 is 25.3 Å². The number of nitrogens with one attached hydrogen (secondary N) is 1. The summed E-state index contributed by atoms with van der Waals surface area (Å²) >= 11 is 0. The van der Waals surface area contributed by atoms with E-state index in [0.29, 0.717) is 34.7 Å². The standard InChI is InChI=1S/C19H18N2O4/c1-3-24-15-6-4-5-14-16(18(19(20)23)25-17(14)15)21-11(2)12-7-9-13(22)10-8-12/h4-10,21-22H,2-3H2,1H3,(H2,20,23). The average Bonchev–Trinajstić information content (AvgIpc) is 2.96. The van der Waals surface area contributed by atoms with Crippen LogP contribution in [-0.4, -0.2) is 17.6 Å². The molecule has 6 heteroatoms. The van der Waals surface area contributed by atoms with Crippen molar-refractivity contribution in [3.8, 4) is 11.5 Å². The molecule has 0 bridgehead atoms. The Morgan fingerprint density at radius 3 is 2.64 bits per heavy atom. The Labute approximate surface area is 144 Å². The Hall–Kier alpha value is -3.41. The van der Waals surface area contributed by atoms with Gasteiger partial charge in [-0.1, -0.05) is 12.6 Å². The van der Waals surface area contributed by atoms with Crippen LogP contribution >= 0.6 is 0 Å². The van der Waals surface area contributed by atoms with Crippen molar-refractivity contribution in [1.82, 2.24) is 0 Å². The molecule has 1 aromatic heterocycles. The minimum Gasteiger partial charge on any atom is -0.508 e. The zero-order valence-corrected chi connectivity index (χ0v) is 13.7. The second kappa shape index (κ2) is 6.60. The molecule has 3 aromatic rings. The summed E-state index contributed by atoms with van der Waals surface area (Å²) in [5.74, 6) is -0.00276. The zero-order chi connectivity index (χ0) is 18.0. The quantitative estimate of drug-likeness (QED) is 0.636. The third-order valence-corrected chi connectivity index (χ3v) is 3.69. The number of benzene rings is 2. The van der Waals surface area contributed by atoms with Gasteiger partial charge in [0.05, 0.1) is 12.3 Å². The molecular weight excluding hydrogens is 320 g/mol. The number of carbonyl (C=O) groups is 1. The molecule has 128 valence electrons. The predicted molar refractivity (Wildman–Crippen MR) is 96.7 cm³/mol. The van der Waals surface area contributed by atoms with Crippen molar-refractivity contribution in [1.29, 1.82) is 0 Å². The fourth-order valence-electron chi connectivity index (χ4n) is 2.55. The van der Waals surface area contributed by atoms with Crippen LogP contribution in [0.1, 0.15) is 23.0 Å². The van der Waals surface area contributed by atoms with E-state index in [1.165, 1.54) is 0 Å². The van der Waals surface area contributed by atoms with Crippen molar-refractivity contribution >= 4 is 28.3 Å². The Bertz CT molecular complexity index is 942. The highest BCUT2D eigenvalue weighted by molar-refractivity contribution is 6.08. The monoisotopic (exact) mass is 338 g/mol. The second-order valence-electron chi connectivity index (χ2n) is 5.39. The van der Waals surface area contributed by atoms with Gasteiger partial charge in [0.2, 0.25) is 5.76 Å². The van der Waals surface area contributed by atoms with Crippen molar-refractivity contribution < 1.29 is 19.1 Å². The molecule has 25 heavy (non-hydrogen) atoms. The van der Waals surface area contributed by atoms with Crippen LogP contribution in [0, 0.1) is 0 Å². The second-order valence-corrected chi connectivity index (χ2v) is 5.39. The van der Waals surface area contributed by atoms with Crippen molar-refractivity contribution in [3.05, 3.63) is 60.4 Å². The Balaban J connectivity index is 2.06. The van der Waals surface area contributed by atoms with Gasteiger partial charge in [-0.15, -0.1) is 0 Å². The number of phenolic OH excluding ortho intramolecular Hbond substituents is 1. The highest BCUT2D eigenvalue weighted by Gasteiger charge is 2.21. The van der Waals surface area contributed by atoms with E-state index < -0.39 is 5.91 Å². The molecule has 0 aliphatic rings. The van der Waals surface area contributed by atoms with Gasteiger partial charge in [-0.05, 0) is 48.9 Å². The third kappa shape index (κ3) is 3.14. The highest BCUT2D eigenvalue weighted by Crippen LogP contribution is 2.37. The number of furan rings is 1. The maximum Gasteiger partial charge on any atom is 0.286 e. The first kappa shape index (κ1) is 16.4. The number of nitrogens with two attached hydrogens (primary N) is 1. The number of aromatic hydroxyl groups is 1. The van der Waals surface area contributed by atoms with Gasteiger partial charge in [0.1, 0.15) is 5.75 Å². The Kier molecular flexibility index (Phi) is 4.35. The maximum absolute atomic E-state index is 11.8.